The van der Waals surface area contributed by atoms with Crippen molar-refractivity contribution in [3.8, 4) is 0 Å². The van der Waals surface area contributed by atoms with Gasteiger partial charge in [0.05, 0.1) is 106 Å². The van der Waals surface area contributed by atoms with Crippen molar-refractivity contribution in [1.29, 1.82) is 0 Å². The maximum Gasteiger partial charge on any atom is 2.00 e. The van der Waals surface area contributed by atoms with Crippen LogP contribution in [0.1, 0.15) is 0 Å². The molecule has 8 bridgehead atoms. The molecular weight excluding hydrogens is 1130 g/mol. The maximum absolute atomic E-state index is 6.95. The van der Waals surface area contributed by atoms with E-state index in [1.807, 2.05) is 0 Å². The molecule has 2 aliphatic carbocycles. The first kappa shape index (κ1) is 43.6. The third kappa shape index (κ3) is 6.36. The van der Waals surface area contributed by atoms with Crippen molar-refractivity contribution in [2.45, 2.75) is 12.3 Å². The van der Waals surface area contributed by atoms with Crippen LogP contribution in [0, 0.1) is 11.8 Å². The Bertz CT molecular complexity index is 2580. The van der Waals surface area contributed by atoms with Gasteiger partial charge in [0.15, 0.2) is 0 Å². The monoisotopic (exact) mass is 1130 g/mol. The van der Waals surface area contributed by atoms with Crippen LogP contribution in [0.5, 0.6) is 0 Å². The molecule has 5 aliphatic rings. The third-order valence-corrected chi connectivity index (χ3v) is 17.0. The van der Waals surface area contributed by atoms with Crippen molar-refractivity contribution in [2.75, 3.05) is 21.3 Å². The predicted molar refractivity (Wildman–Crippen MR) is 239 cm³/mol. The molecule has 0 amide bonds. The number of fused-ring (bicyclic) bond motifs is 18. The van der Waals surface area contributed by atoms with Gasteiger partial charge in [-0.25, -0.2) is 0 Å². The molecular formula is C32H10Cl16CuN8. The topological polar surface area (TPSA) is 100 Å². The average Bonchev–Trinajstić information content (AvgIpc) is 3.92. The Hall–Kier alpha value is -0.0805. The molecule has 0 fully saturated rings. The Morgan fingerprint density at radius 1 is 0.333 bits per heavy atom. The largest absolute Gasteiger partial charge is 2.00 e. The molecule has 4 atom stereocenters. The van der Waals surface area contributed by atoms with Gasteiger partial charge in [-0.3, -0.25) is 0 Å². The van der Waals surface area contributed by atoms with E-state index in [1.165, 1.54) is 0 Å². The van der Waals surface area contributed by atoms with Gasteiger partial charge in [-0.2, -0.15) is 0 Å². The quantitative estimate of drug-likeness (QED) is 0.0589. The first-order chi connectivity index (χ1) is 26.4. The van der Waals surface area contributed by atoms with E-state index >= 15 is 0 Å². The molecule has 301 valence electrons. The fraction of sp³-hybridized carbons (Fsp3) is 0.125. The molecule has 0 spiro atoms. The molecule has 0 saturated carbocycles. The molecule has 1 radical (unpaired) electrons. The summed E-state index contributed by atoms with van der Waals surface area (Å²) < 4.78 is 0. The molecule has 6 N–H and O–H groups in total. The smallest absolute Gasteiger partial charge is 0.421 e. The first-order valence-corrected chi connectivity index (χ1v) is 21.4. The Morgan fingerprint density at radius 2 is 0.632 bits per heavy atom. The van der Waals surface area contributed by atoms with Crippen molar-refractivity contribution in [1.82, 2.24) is 20.6 Å². The molecule has 9 rings (SSSR count). The SMILES string of the molecule is ClC1=C(Cl)C2=C3Nc4[n-]c(c5c(Cl)c(Cl)c(Cl)c(Cl)c45)NC4=C5C(Cl)=C(Cl)C(Cl)=C(Cl)C5C(N4)Nc4[n-]c(c5c(Cl)c(Cl)c(Cl)c(Cl)c45)NC(N3)C2C(Cl)=C1Cl.[Cu+2]. The Morgan fingerprint density at radius 3 is 0.965 bits per heavy atom. The molecule has 3 aliphatic heterocycles. The van der Waals surface area contributed by atoms with Gasteiger partial charge in [0.25, 0.3) is 0 Å². The average molecular weight is 1140 g/mol. The van der Waals surface area contributed by atoms with Crippen LogP contribution in [-0.2, 0) is 17.1 Å². The minimum atomic E-state index is -0.851. The molecule has 4 aromatic rings. The summed E-state index contributed by atoms with van der Waals surface area (Å²) >= 11 is 108. The molecule has 4 unspecified atom stereocenters. The van der Waals surface area contributed by atoms with Gasteiger partial charge in [-0.05, 0) is 0 Å². The van der Waals surface area contributed by atoms with Crippen LogP contribution in [-0.4, -0.2) is 12.3 Å². The van der Waals surface area contributed by atoms with Crippen LogP contribution in [0.3, 0.4) is 0 Å². The van der Waals surface area contributed by atoms with Gasteiger partial charge in [0.1, 0.15) is 0 Å². The van der Waals surface area contributed by atoms with Gasteiger partial charge >= 0.3 is 17.1 Å². The molecule has 57 heavy (non-hydrogen) atoms. The zero-order valence-electron chi connectivity index (χ0n) is 26.6. The second-order valence-corrected chi connectivity index (χ2v) is 18.6. The summed E-state index contributed by atoms with van der Waals surface area (Å²) in [5.41, 5.74) is 0.807. The third-order valence-electron chi connectivity index (χ3n) is 9.64. The molecule has 2 aromatic heterocycles. The summed E-state index contributed by atoms with van der Waals surface area (Å²) in [5.74, 6) is -0.309. The van der Waals surface area contributed by atoms with Crippen molar-refractivity contribution in [3.63, 3.8) is 0 Å². The van der Waals surface area contributed by atoms with Crippen LogP contribution in [0.4, 0.5) is 23.3 Å². The number of anilines is 4. The number of hydrogen-bond donors (Lipinski definition) is 6. The van der Waals surface area contributed by atoms with Crippen LogP contribution < -0.4 is 41.9 Å². The van der Waals surface area contributed by atoms with Crippen molar-refractivity contribution >= 4 is 230 Å². The van der Waals surface area contributed by atoms with E-state index in [1.54, 1.807) is 0 Å². The Kier molecular flexibility index (Phi) is 11.9. The summed E-state index contributed by atoms with van der Waals surface area (Å²) in [7, 11) is 0. The zero-order valence-corrected chi connectivity index (χ0v) is 39.6. The second-order valence-electron chi connectivity index (χ2n) is 12.5. The minimum absolute atomic E-state index is 0. The number of halogens is 16. The Balaban J connectivity index is 0.00000455. The zero-order chi connectivity index (χ0) is 40.1. The van der Waals surface area contributed by atoms with E-state index in [-0.39, 0.29) is 143 Å². The first-order valence-electron chi connectivity index (χ1n) is 15.4. The van der Waals surface area contributed by atoms with Gasteiger partial charge in [0.2, 0.25) is 0 Å². The minimum Gasteiger partial charge on any atom is -0.421 e. The second kappa shape index (κ2) is 15.6. The number of rotatable bonds is 0. The van der Waals surface area contributed by atoms with E-state index in [4.69, 9.17) is 196 Å². The Labute approximate surface area is 412 Å². The van der Waals surface area contributed by atoms with Crippen molar-refractivity contribution in [2.24, 2.45) is 11.8 Å². The molecule has 5 heterocycles. The number of allylic oxidation sites excluding steroid dienone is 6. The summed E-state index contributed by atoms with van der Waals surface area (Å²) in [6.07, 6.45) is -1.70. The normalized spacial score (nSPS) is 23.0. The van der Waals surface area contributed by atoms with Crippen LogP contribution in [0.15, 0.2) is 63.0 Å². The van der Waals surface area contributed by atoms with E-state index in [0.29, 0.717) is 21.9 Å². The molecule has 25 heteroatoms. The summed E-state index contributed by atoms with van der Waals surface area (Å²) in [4.78, 5) is 9.81. The van der Waals surface area contributed by atoms with Crippen LogP contribution in [0.2, 0.25) is 40.2 Å². The number of hydrogen-bond acceptors (Lipinski definition) is 6. The van der Waals surface area contributed by atoms with E-state index < -0.39 is 24.2 Å². The summed E-state index contributed by atoms with van der Waals surface area (Å²) in [6, 6.07) is 0. The van der Waals surface area contributed by atoms with Crippen molar-refractivity contribution < 1.29 is 17.1 Å². The maximum atomic E-state index is 6.95. The van der Waals surface area contributed by atoms with Crippen molar-refractivity contribution in [3.05, 3.63) is 103 Å². The number of benzene rings is 2. The van der Waals surface area contributed by atoms with Gasteiger partial charge in [0, 0.05) is 66.0 Å². The summed E-state index contributed by atoms with van der Waals surface area (Å²) in [6.45, 7) is 0. The van der Waals surface area contributed by atoms with E-state index in [0.717, 1.165) is 0 Å². The van der Waals surface area contributed by atoms with Gasteiger partial charge in [-0.15, -0.1) is 0 Å². The predicted octanol–water partition coefficient (Wildman–Crippen LogP) is 14.8. The fourth-order valence-corrected chi connectivity index (χ4v) is 11.6. The molecule has 0 saturated heterocycles. The van der Waals surface area contributed by atoms with Crippen LogP contribution in [0.25, 0.3) is 21.5 Å². The van der Waals surface area contributed by atoms with Gasteiger partial charge < -0.3 is 41.9 Å². The number of nitrogens with zero attached hydrogens (tertiary/aromatic N) is 2. The van der Waals surface area contributed by atoms with Crippen LogP contribution >= 0.6 is 186 Å². The number of nitrogens with one attached hydrogen (secondary N) is 6. The van der Waals surface area contributed by atoms with Gasteiger partial charge in [-0.1, -0.05) is 186 Å². The molecule has 2 aromatic carbocycles. The molecule has 8 nitrogen and oxygen atoms in total. The number of aromatic nitrogens is 2. The standard InChI is InChI=1S/C32H10Cl16N8.Cu/c33-9-1-2(10(34)18(42)17(9)41)26-49-25(1)53-27-3-4(12(36)20(44)19(43)11(3)35)29(50-27)55-31-7-8(16(40)24(48)23(47)15(7)39)32(52-31)56-30-6-5(28(51-30)54-26)13(37)21(45)22(46)14(6)38;/h1,7,25,31,49,52-56H;/q-2;+2. The van der Waals surface area contributed by atoms with E-state index in [2.05, 4.69) is 31.9 Å². The fourth-order valence-electron chi connectivity index (χ4n) is 7.19. The van der Waals surface area contributed by atoms with E-state index in [9.17, 15) is 0 Å². The summed E-state index contributed by atoms with van der Waals surface area (Å²) in [5, 5.41) is 21.9.